The number of hydrogen-bond acceptors (Lipinski definition) is 5. The summed E-state index contributed by atoms with van der Waals surface area (Å²) < 4.78 is 5.51. The molecule has 1 heterocycles. The number of aryl methyl sites for hydroxylation is 1. The second-order valence-electron chi connectivity index (χ2n) is 3.73. The number of aliphatic hydroxyl groups excluding tert-OH is 1. The first-order valence-corrected chi connectivity index (χ1v) is 5.29. The summed E-state index contributed by atoms with van der Waals surface area (Å²) in [6, 6.07) is 7.29. The number of rotatable bonds is 4. The molecule has 0 fully saturated rings. The molecule has 17 heavy (non-hydrogen) atoms. The topological polar surface area (TPSA) is 73.1 Å². The van der Waals surface area contributed by atoms with Gasteiger partial charge in [-0.1, -0.05) is 12.1 Å². The highest BCUT2D eigenvalue weighted by atomic mass is 16.5. The van der Waals surface area contributed by atoms with Gasteiger partial charge in [0, 0.05) is 0 Å². The molecule has 0 saturated heterocycles. The summed E-state index contributed by atoms with van der Waals surface area (Å²) in [6.07, 6.45) is -0.506. The number of ether oxygens (including phenoxy) is 1. The molecule has 2 aromatic rings. The highest BCUT2D eigenvalue weighted by Crippen LogP contribution is 2.19. The fraction of sp³-hybridized carbons (Fsp3) is 0.364. The Kier molecular flexibility index (Phi) is 3.34. The maximum atomic E-state index is 9.44. The van der Waals surface area contributed by atoms with Crippen LogP contribution in [0.2, 0.25) is 0 Å². The molecule has 1 atom stereocenters. The normalized spacial score (nSPS) is 12.4. The van der Waals surface area contributed by atoms with Crippen LogP contribution in [0.3, 0.4) is 0 Å². The van der Waals surface area contributed by atoms with Gasteiger partial charge in [-0.3, -0.25) is 0 Å². The van der Waals surface area contributed by atoms with E-state index in [4.69, 9.17) is 4.74 Å². The van der Waals surface area contributed by atoms with E-state index in [9.17, 15) is 5.11 Å². The number of benzene rings is 1. The second kappa shape index (κ2) is 4.92. The molecule has 1 unspecified atom stereocenters. The zero-order valence-corrected chi connectivity index (χ0v) is 9.74. The lowest BCUT2D eigenvalue weighted by atomic mass is 10.1. The van der Waals surface area contributed by atoms with Crippen molar-refractivity contribution in [1.82, 2.24) is 20.2 Å². The number of aromatic nitrogens is 4. The molecule has 6 heteroatoms. The van der Waals surface area contributed by atoms with Crippen molar-refractivity contribution in [1.29, 1.82) is 0 Å². The molecule has 1 aromatic heterocycles. The van der Waals surface area contributed by atoms with E-state index in [0.29, 0.717) is 11.6 Å². The van der Waals surface area contributed by atoms with Gasteiger partial charge in [0.15, 0.2) is 6.61 Å². The predicted octanol–water partition coefficient (Wildman–Crippen LogP) is 0.842. The van der Waals surface area contributed by atoms with Gasteiger partial charge in [-0.25, -0.2) is 0 Å². The molecule has 90 valence electrons. The van der Waals surface area contributed by atoms with Crippen molar-refractivity contribution >= 4 is 0 Å². The van der Waals surface area contributed by atoms with Crippen LogP contribution in [0.5, 0.6) is 5.75 Å². The molecular weight excluding hydrogens is 220 g/mol. The number of tetrazole rings is 1. The van der Waals surface area contributed by atoms with Crippen LogP contribution in [0, 0.1) is 0 Å². The molecule has 1 aromatic carbocycles. The third-order valence-electron chi connectivity index (χ3n) is 2.26. The number of nitrogens with zero attached hydrogens (tertiary/aromatic N) is 4. The maximum absolute atomic E-state index is 9.44. The zero-order chi connectivity index (χ0) is 12.3. The molecular formula is C11H14N4O2. The SMILES string of the molecule is CC(O)c1cccc(OCc2nnn(C)n2)c1. The molecule has 0 spiro atoms. The highest BCUT2D eigenvalue weighted by Gasteiger charge is 2.04. The van der Waals surface area contributed by atoms with Crippen LogP contribution < -0.4 is 4.74 Å². The van der Waals surface area contributed by atoms with E-state index >= 15 is 0 Å². The monoisotopic (exact) mass is 234 g/mol. The van der Waals surface area contributed by atoms with Gasteiger partial charge in [0.25, 0.3) is 0 Å². The van der Waals surface area contributed by atoms with Crippen molar-refractivity contribution in [3.63, 3.8) is 0 Å². The van der Waals surface area contributed by atoms with E-state index in [1.807, 2.05) is 18.2 Å². The van der Waals surface area contributed by atoms with Crippen molar-refractivity contribution in [3.05, 3.63) is 35.7 Å². The molecule has 0 aliphatic rings. The minimum Gasteiger partial charge on any atom is -0.485 e. The largest absolute Gasteiger partial charge is 0.485 e. The van der Waals surface area contributed by atoms with Gasteiger partial charge in [0.1, 0.15) is 5.75 Å². The smallest absolute Gasteiger partial charge is 0.212 e. The molecule has 2 rings (SSSR count). The van der Waals surface area contributed by atoms with E-state index in [1.165, 1.54) is 4.80 Å². The first-order valence-electron chi connectivity index (χ1n) is 5.29. The third-order valence-corrected chi connectivity index (χ3v) is 2.26. The van der Waals surface area contributed by atoms with Gasteiger partial charge in [-0.05, 0) is 29.8 Å². The van der Waals surface area contributed by atoms with Crippen molar-refractivity contribution in [2.45, 2.75) is 19.6 Å². The van der Waals surface area contributed by atoms with Crippen molar-refractivity contribution < 1.29 is 9.84 Å². The molecule has 1 N–H and O–H groups in total. The van der Waals surface area contributed by atoms with Crippen LogP contribution in [-0.2, 0) is 13.7 Å². The Morgan fingerprint density at radius 2 is 2.29 bits per heavy atom. The van der Waals surface area contributed by atoms with Gasteiger partial charge >= 0.3 is 0 Å². The Hall–Kier alpha value is -1.95. The van der Waals surface area contributed by atoms with Gasteiger partial charge in [0.2, 0.25) is 5.82 Å². The molecule has 0 saturated carbocycles. The van der Waals surface area contributed by atoms with Gasteiger partial charge in [-0.15, -0.1) is 10.2 Å². The lowest BCUT2D eigenvalue weighted by Gasteiger charge is -2.07. The minimum absolute atomic E-state index is 0.261. The van der Waals surface area contributed by atoms with Crippen LogP contribution in [0.15, 0.2) is 24.3 Å². The molecule has 0 aliphatic heterocycles. The molecule has 0 aliphatic carbocycles. The Balaban J connectivity index is 2.01. The Bertz CT molecular complexity index is 496. The summed E-state index contributed by atoms with van der Waals surface area (Å²) >= 11 is 0. The van der Waals surface area contributed by atoms with Crippen LogP contribution >= 0.6 is 0 Å². The summed E-state index contributed by atoms with van der Waals surface area (Å²) in [5.41, 5.74) is 0.814. The van der Waals surface area contributed by atoms with Gasteiger partial charge in [0.05, 0.1) is 13.2 Å². The molecule has 0 radical (unpaired) electrons. The van der Waals surface area contributed by atoms with E-state index in [2.05, 4.69) is 15.4 Å². The van der Waals surface area contributed by atoms with E-state index < -0.39 is 6.10 Å². The second-order valence-corrected chi connectivity index (χ2v) is 3.73. The lowest BCUT2D eigenvalue weighted by molar-refractivity contribution is 0.198. The minimum atomic E-state index is -0.506. The highest BCUT2D eigenvalue weighted by molar-refractivity contribution is 5.29. The Morgan fingerprint density at radius 1 is 1.47 bits per heavy atom. The predicted molar refractivity (Wildman–Crippen MR) is 60.2 cm³/mol. The van der Waals surface area contributed by atoms with E-state index in [-0.39, 0.29) is 6.61 Å². The van der Waals surface area contributed by atoms with E-state index in [1.54, 1.807) is 20.0 Å². The Morgan fingerprint density at radius 3 is 2.94 bits per heavy atom. The summed E-state index contributed by atoms with van der Waals surface area (Å²) in [7, 11) is 1.70. The molecule has 0 bridgehead atoms. The first kappa shape index (κ1) is 11.5. The standard InChI is InChI=1S/C11H14N4O2/c1-8(16)9-4-3-5-10(6-9)17-7-11-12-14-15(2)13-11/h3-6,8,16H,7H2,1-2H3. The Labute approximate surface area is 98.8 Å². The van der Waals surface area contributed by atoms with Crippen molar-refractivity contribution in [2.75, 3.05) is 0 Å². The first-order chi connectivity index (χ1) is 8.15. The fourth-order valence-corrected chi connectivity index (χ4v) is 1.39. The van der Waals surface area contributed by atoms with Crippen LogP contribution in [-0.4, -0.2) is 25.3 Å². The summed E-state index contributed by atoms with van der Waals surface area (Å²) in [5, 5.41) is 21.0. The van der Waals surface area contributed by atoms with Crippen LogP contribution in [0.4, 0.5) is 0 Å². The van der Waals surface area contributed by atoms with Crippen LogP contribution in [0.25, 0.3) is 0 Å². The maximum Gasteiger partial charge on any atom is 0.212 e. The van der Waals surface area contributed by atoms with E-state index in [0.717, 1.165) is 5.56 Å². The quantitative estimate of drug-likeness (QED) is 0.848. The van der Waals surface area contributed by atoms with Crippen molar-refractivity contribution in [2.24, 2.45) is 7.05 Å². The third kappa shape index (κ3) is 3.01. The van der Waals surface area contributed by atoms with Gasteiger partial charge < -0.3 is 9.84 Å². The summed E-state index contributed by atoms with van der Waals surface area (Å²) in [4.78, 5) is 1.38. The molecule has 6 nitrogen and oxygen atoms in total. The van der Waals surface area contributed by atoms with Crippen molar-refractivity contribution in [3.8, 4) is 5.75 Å². The summed E-state index contributed by atoms with van der Waals surface area (Å²) in [6.45, 7) is 1.97. The average Bonchev–Trinajstić information content (AvgIpc) is 2.73. The number of aliphatic hydroxyl groups is 1. The average molecular weight is 234 g/mol. The van der Waals surface area contributed by atoms with Gasteiger partial charge in [-0.2, -0.15) is 4.80 Å². The lowest BCUT2D eigenvalue weighted by Crippen LogP contribution is -2.00. The number of hydrogen-bond donors (Lipinski definition) is 1. The zero-order valence-electron chi connectivity index (χ0n) is 9.74. The molecule has 0 amide bonds. The fourth-order valence-electron chi connectivity index (χ4n) is 1.39. The summed E-state index contributed by atoms with van der Waals surface area (Å²) in [5.74, 6) is 1.20. The van der Waals surface area contributed by atoms with Crippen LogP contribution in [0.1, 0.15) is 24.4 Å².